The highest BCUT2D eigenvalue weighted by molar-refractivity contribution is 5.19. The van der Waals surface area contributed by atoms with Gasteiger partial charge in [0.15, 0.2) is 0 Å². The van der Waals surface area contributed by atoms with Crippen molar-refractivity contribution in [2.45, 2.75) is 18.9 Å². The molecule has 0 bridgehead atoms. The van der Waals surface area contributed by atoms with E-state index in [1.165, 1.54) is 11.1 Å². The lowest BCUT2D eigenvalue weighted by Crippen LogP contribution is -2.35. The fourth-order valence-electron chi connectivity index (χ4n) is 2.28. The van der Waals surface area contributed by atoms with Crippen molar-refractivity contribution in [2.24, 2.45) is 0 Å². The molecule has 0 unspecified atom stereocenters. The lowest BCUT2D eigenvalue weighted by molar-refractivity contribution is 0.283. The smallest absolute Gasteiger partial charge is 0.0556 e. The molecule has 0 aliphatic carbocycles. The van der Waals surface area contributed by atoms with Crippen LogP contribution >= 0.6 is 0 Å². The van der Waals surface area contributed by atoms with Gasteiger partial charge in [-0.3, -0.25) is 0 Å². The maximum absolute atomic E-state index is 8.98. The van der Waals surface area contributed by atoms with Crippen molar-refractivity contribution >= 4 is 0 Å². The van der Waals surface area contributed by atoms with E-state index in [0.29, 0.717) is 12.6 Å². The Kier molecular flexibility index (Phi) is 5.60. The first kappa shape index (κ1) is 13.8. The van der Waals surface area contributed by atoms with E-state index < -0.39 is 0 Å². The number of aliphatic hydroxyl groups is 1. The molecule has 0 saturated heterocycles. The van der Waals surface area contributed by atoms with Crippen LogP contribution in [0.25, 0.3) is 0 Å². The number of hydrogen-bond acceptors (Lipinski definition) is 2. The molecule has 0 radical (unpaired) electrons. The number of rotatable bonds is 7. The number of benzene rings is 2. The Labute approximate surface area is 115 Å². The summed E-state index contributed by atoms with van der Waals surface area (Å²) < 4.78 is 0. The zero-order chi connectivity index (χ0) is 13.3. The molecule has 2 heteroatoms. The van der Waals surface area contributed by atoms with E-state index in [9.17, 15) is 0 Å². The monoisotopic (exact) mass is 255 g/mol. The summed E-state index contributed by atoms with van der Waals surface area (Å²) in [7, 11) is 0. The third-order valence-corrected chi connectivity index (χ3v) is 3.19. The molecule has 0 atom stereocenters. The summed E-state index contributed by atoms with van der Waals surface area (Å²) in [6.45, 7) is 0.824. The van der Waals surface area contributed by atoms with E-state index in [1.807, 2.05) is 12.1 Å². The molecule has 0 aromatic heterocycles. The van der Waals surface area contributed by atoms with Crippen LogP contribution in [0.2, 0.25) is 0 Å². The van der Waals surface area contributed by atoms with Crippen LogP contribution in [0.5, 0.6) is 0 Å². The zero-order valence-corrected chi connectivity index (χ0v) is 11.1. The SMILES string of the molecule is OCCNC(Cc1ccccc1)Cc1ccccc1. The molecular formula is C17H21NO. The lowest BCUT2D eigenvalue weighted by atomic mass is 9.99. The van der Waals surface area contributed by atoms with Gasteiger partial charge in [-0.15, -0.1) is 0 Å². The summed E-state index contributed by atoms with van der Waals surface area (Å²) in [5.74, 6) is 0. The summed E-state index contributed by atoms with van der Waals surface area (Å²) in [5.41, 5.74) is 2.66. The first-order valence-corrected chi connectivity index (χ1v) is 6.80. The Balaban J connectivity index is 1.99. The zero-order valence-electron chi connectivity index (χ0n) is 11.1. The van der Waals surface area contributed by atoms with Crippen molar-refractivity contribution in [1.29, 1.82) is 0 Å². The van der Waals surface area contributed by atoms with Crippen LogP contribution in [0.3, 0.4) is 0 Å². The minimum Gasteiger partial charge on any atom is -0.395 e. The summed E-state index contributed by atoms with van der Waals surface area (Å²) >= 11 is 0. The van der Waals surface area contributed by atoms with Crippen LogP contribution in [0.4, 0.5) is 0 Å². The predicted octanol–water partition coefficient (Wildman–Crippen LogP) is 2.42. The van der Waals surface area contributed by atoms with Crippen LogP contribution in [-0.2, 0) is 12.8 Å². The van der Waals surface area contributed by atoms with Gasteiger partial charge in [-0.25, -0.2) is 0 Å². The van der Waals surface area contributed by atoms with E-state index in [2.05, 4.69) is 53.8 Å². The van der Waals surface area contributed by atoms with Crippen molar-refractivity contribution < 1.29 is 5.11 Å². The summed E-state index contributed by atoms with van der Waals surface area (Å²) in [4.78, 5) is 0. The van der Waals surface area contributed by atoms with Gasteiger partial charge in [0, 0.05) is 12.6 Å². The van der Waals surface area contributed by atoms with Gasteiger partial charge in [0.2, 0.25) is 0 Å². The standard InChI is InChI=1S/C17H21NO/c19-12-11-18-17(13-15-7-3-1-4-8-15)14-16-9-5-2-6-10-16/h1-10,17-19H,11-14H2. The van der Waals surface area contributed by atoms with Crippen molar-refractivity contribution in [2.75, 3.05) is 13.2 Å². The van der Waals surface area contributed by atoms with Gasteiger partial charge in [0.05, 0.1) is 6.61 Å². The second-order valence-electron chi connectivity index (χ2n) is 4.75. The van der Waals surface area contributed by atoms with Crippen molar-refractivity contribution in [1.82, 2.24) is 5.32 Å². The topological polar surface area (TPSA) is 32.3 Å². The largest absolute Gasteiger partial charge is 0.395 e. The Morgan fingerprint density at radius 3 is 1.68 bits per heavy atom. The van der Waals surface area contributed by atoms with Gasteiger partial charge in [-0.05, 0) is 24.0 Å². The maximum atomic E-state index is 8.98. The quantitative estimate of drug-likeness (QED) is 0.796. The fraction of sp³-hybridized carbons (Fsp3) is 0.294. The number of nitrogens with one attached hydrogen (secondary N) is 1. The number of aliphatic hydroxyl groups excluding tert-OH is 1. The lowest BCUT2D eigenvalue weighted by Gasteiger charge is -2.18. The average Bonchev–Trinajstić information content (AvgIpc) is 2.47. The van der Waals surface area contributed by atoms with Crippen LogP contribution in [0, 0.1) is 0 Å². The molecule has 19 heavy (non-hydrogen) atoms. The average molecular weight is 255 g/mol. The minimum atomic E-state index is 0.181. The Bertz CT molecular complexity index is 414. The van der Waals surface area contributed by atoms with Crippen LogP contribution in [0.1, 0.15) is 11.1 Å². The molecule has 2 aromatic rings. The Hall–Kier alpha value is -1.64. The molecule has 0 amide bonds. The van der Waals surface area contributed by atoms with E-state index in [1.54, 1.807) is 0 Å². The van der Waals surface area contributed by atoms with Crippen LogP contribution in [-0.4, -0.2) is 24.3 Å². The van der Waals surface area contributed by atoms with Gasteiger partial charge >= 0.3 is 0 Å². The molecule has 0 heterocycles. The van der Waals surface area contributed by atoms with E-state index in [-0.39, 0.29) is 6.61 Å². The minimum absolute atomic E-state index is 0.181. The van der Waals surface area contributed by atoms with Crippen LogP contribution in [0.15, 0.2) is 60.7 Å². The van der Waals surface area contributed by atoms with E-state index in [0.717, 1.165) is 12.8 Å². The fourth-order valence-corrected chi connectivity index (χ4v) is 2.28. The molecule has 0 fully saturated rings. The molecular weight excluding hydrogens is 234 g/mol. The van der Waals surface area contributed by atoms with E-state index in [4.69, 9.17) is 5.11 Å². The summed E-state index contributed by atoms with van der Waals surface area (Å²) in [6.07, 6.45) is 1.96. The Morgan fingerprint density at radius 2 is 1.26 bits per heavy atom. The van der Waals surface area contributed by atoms with Gasteiger partial charge in [0.1, 0.15) is 0 Å². The molecule has 100 valence electrons. The molecule has 2 N–H and O–H groups in total. The first-order chi connectivity index (χ1) is 9.38. The maximum Gasteiger partial charge on any atom is 0.0556 e. The number of hydrogen-bond donors (Lipinski definition) is 2. The van der Waals surface area contributed by atoms with Gasteiger partial charge in [-0.1, -0.05) is 60.7 Å². The highest BCUT2D eigenvalue weighted by Crippen LogP contribution is 2.09. The molecule has 2 nitrogen and oxygen atoms in total. The molecule has 0 saturated carbocycles. The second kappa shape index (κ2) is 7.72. The van der Waals surface area contributed by atoms with Crippen LogP contribution < -0.4 is 5.32 Å². The molecule has 2 aromatic carbocycles. The molecule has 0 aliphatic rings. The molecule has 0 aliphatic heterocycles. The third kappa shape index (κ3) is 4.86. The Morgan fingerprint density at radius 1 is 0.789 bits per heavy atom. The molecule has 0 spiro atoms. The summed E-state index contributed by atoms with van der Waals surface area (Å²) in [6, 6.07) is 21.3. The van der Waals surface area contributed by atoms with Crippen molar-refractivity contribution in [3.63, 3.8) is 0 Å². The predicted molar refractivity (Wildman–Crippen MR) is 79.2 cm³/mol. The van der Waals surface area contributed by atoms with Gasteiger partial charge in [-0.2, -0.15) is 0 Å². The van der Waals surface area contributed by atoms with Gasteiger partial charge in [0.25, 0.3) is 0 Å². The van der Waals surface area contributed by atoms with Crippen molar-refractivity contribution in [3.05, 3.63) is 71.8 Å². The summed E-state index contributed by atoms with van der Waals surface area (Å²) in [5, 5.41) is 12.4. The third-order valence-electron chi connectivity index (χ3n) is 3.19. The van der Waals surface area contributed by atoms with E-state index >= 15 is 0 Å². The van der Waals surface area contributed by atoms with Gasteiger partial charge < -0.3 is 10.4 Å². The molecule has 2 rings (SSSR count). The highest BCUT2D eigenvalue weighted by atomic mass is 16.3. The van der Waals surface area contributed by atoms with Crippen molar-refractivity contribution in [3.8, 4) is 0 Å². The first-order valence-electron chi connectivity index (χ1n) is 6.80. The second-order valence-corrected chi connectivity index (χ2v) is 4.75. The normalized spacial score (nSPS) is 10.8. The highest BCUT2D eigenvalue weighted by Gasteiger charge is 2.09.